The van der Waals surface area contributed by atoms with E-state index in [1.165, 1.54) is 31.6 Å². The second kappa shape index (κ2) is 5.31. The van der Waals surface area contributed by atoms with Gasteiger partial charge >= 0.3 is 0 Å². The summed E-state index contributed by atoms with van der Waals surface area (Å²) >= 11 is 6.32. The first-order valence-electron chi connectivity index (χ1n) is 7.19. The van der Waals surface area contributed by atoms with E-state index in [4.69, 9.17) is 17.3 Å². The lowest BCUT2D eigenvalue weighted by Gasteiger charge is -2.36. The molecular weight excluding hydrogens is 258 g/mol. The quantitative estimate of drug-likeness (QED) is 0.923. The molecule has 104 valence electrons. The number of hydrogen-bond donors (Lipinski definition) is 1. The molecule has 1 atom stereocenters. The van der Waals surface area contributed by atoms with E-state index >= 15 is 0 Å². The molecule has 3 rings (SSSR count). The molecule has 0 spiro atoms. The lowest BCUT2D eigenvalue weighted by atomic mass is 10.1. The normalized spacial score (nSPS) is 22.6. The molecule has 1 saturated carbocycles. The zero-order valence-corrected chi connectivity index (χ0v) is 12.2. The van der Waals surface area contributed by atoms with E-state index in [9.17, 15) is 0 Å². The standard InChI is InChI=1S/C15H22ClN3/c1-11(17)14-5-4-13(10-15(14)16)19-8-6-18(7-9-19)12-2-3-12/h4-5,10-12H,2-3,6-9,17H2,1H3. The highest BCUT2D eigenvalue weighted by atomic mass is 35.5. The fraction of sp³-hybridized carbons (Fsp3) is 0.600. The van der Waals surface area contributed by atoms with Crippen LogP contribution in [0.1, 0.15) is 31.4 Å². The van der Waals surface area contributed by atoms with Gasteiger partial charge in [0.25, 0.3) is 0 Å². The predicted molar refractivity (Wildman–Crippen MR) is 80.9 cm³/mol. The van der Waals surface area contributed by atoms with Crippen molar-refractivity contribution in [2.45, 2.75) is 31.8 Å². The van der Waals surface area contributed by atoms with E-state index in [1.807, 2.05) is 6.92 Å². The van der Waals surface area contributed by atoms with Gasteiger partial charge in [-0.3, -0.25) is 4.90 Å². The molecule has 0 amide bonds. The Balaban J connectivity index is 1.67. The van der Waals surface area contributed by atoms with Gasteiger partial charge in [-0.15, -0.1) is 0 Å². The third-order valence-corrected chi connectivity index (χ3v) is 4.54. The first kappa shape index (κ1) is 13.2. The van der Waals surface area contributed by atoms with Gasteiger partial charge in [-0.1, -0.05) is 17.7 Å². The zero-order chi connectivity index (χ0) is 13.4. The molecule has 2 aliphatic rings. The smallest absolute Gasteiger partial charge is 0.0474 e. The van der Waals surface area contributed by atoms with Crippen molar-refractivity contribution in [3.63, 3.8) is 0 Å². The molecule has 2 N–H and O–H groups in total. The Hall–Kier alpha value is -0.770. The third kappa shape index (κ3) is 2.88. The molecule has 1 unspecified atom stereocenters. The van der Waals surface area contributed by atoms with Gasteiger partial charge in [-0.2, -0.15) is 0 Å². The second-order valence-corrected chi connectivity index (χ2v) is 6.16. The SMILES string of the molecule is CC(N)c1ccc(N2CCN(C3CC3)CC2)cc1Cl. The van der Waals surface area contributed by atoms with Crippen LogP contribution in [0.2, 0.25) is 5.02 Å². The van der Waals surface area contributed by atoms with Crippen molar-refractivity contribution in [1.82, 2.24) is 4.90 Å². The molecule has 1 aromatic rings. The summed E-state index contributed by atoms with van der Waals surface area (Å²) in [7, 11) is 0. The third-order valence-electron chi connectivity index (χ3n) is 4.22. The van der Waals surface area contributed by atoms with Gasteiger partial charge in [0.2, 0.25) is 0 Å². The lowest BCUT2D eigenvalue weighted by Crippen LogP contribution is -2.47. The summed E-state index contributed by atoms with van der Waals surface area (Å²) < 4.78 is 0. The van der Waals surface area contributed by atoms with Crippen molar-refractivity contribution < 1.29 is 0 Å². The van der Waals surface area contributed by atoms with Crippen LogP contribution < -0.4 is 10.6 Å². The summed E-state index contributed by atoms with van der Waals surface area (Å²) in [5, 5.41) is 0.789. The van der Waals surface area contributed by atoms with Crippen LogP contribution in [0.15, 0.2) is 18.2 Å². The topological polar surface area (TPSA) is 32.5 Å². The van der Waals surface area contributed by atoms with Crippen molar-refractivity contribution in [3.05, 3.63) is 28.8 Å². The molecule has 19 heavy (non-hydrogen) atoms. The van der Waals surface area contributed by atoms with Crippen LogP contribution in [0.3, 0.4) is 0 Å². The fourth-order valence-electron chi connectivity index (χ4n) is 2.87. The largest absolute Gasteiger partial charge is 0.369 e. The van der Waals surface area contributed by atoms with Crippen LogP contribution in [0.4, 0.5) is 5.69 Å². The van der Waals surface area contributed by atoms with Crippen LogP contribution in [0, 0.1) is 0 Å². The van der Waals surface area contributed by atoms with E-state index < -0.39 is 0 Å². The summed E-state index contributed by atoms with van der Waals surface area (Å²) in [6, 6.07) is 7.15. The Morgan fingerprint density at radius 2 is 1.89 bits per heavy atom. The maximum Gasteiger partial charge on any atom is 0.0474 e. The molecule has 0 bridgehead atoms. The van der Waals surface area contributed by atoms with E-state index in [0.29, 0.717) is 0 Å². The number of hydrogen-bond acceptors (Lipinski definition) is 3. The minimum absolute atomic E-state index is 0.00624. The van der Waals surface area contributed by atoms with E-state index in [0.717, 1.165) is 29.7 Å². The van der Waals surface area contributed by atoms with Gasteiger partial charge in [0.05, 0.1) is 0 Å². The van der Waals surface area contributed by atoms with Crippen LogP contribution in [-0.4, -0.2) is 37.1 Å². The molecule has 1 aromatic carbocycles. The molecule has 1 aliphatic carbocycles. The fourth-order valence-corrected chi connectivity index (χ4v) is 3.21. The lowest BCUT2D eigenvalue weighted by molar-refractivity contribution is 0.248. The Labute approximate surface area is 120 Å². The zero-order valence-electron chi connectivity index (χ0n) is 11.5. The van der Waals surface area contributed by atoms with E-state index in [2.05, 4.69) is 28.0 Å². The maximum atomic E-state index is 6.32. The van der Waals surface area contributed by atoms with Crippen molar-refractivity contribution in [1.29, 1.82) is 0 Å². The first-order valence-corrected chi connectivity index (χ1v) is 7.57. The molecular formula is C15H22ClN3. The number of benzene rings is 1. The maximum absolute atomic E-state index is 6.32. The van der Waals surface area contributed by atoms with Crippen molar-refractivity contribution in [2.24, 2.45) is 5.73 Å². The molecule has 1 saturated heterocycles. The highest BCUT2D eigenvalue weighted by Crippen LogP contribution is 2.30. The Bertz CT molecular complexity index is 449. The highest BCUT2D eigenvalue weighted by molar-refractivity contribution is 6.31. The number of rotatable bonds is 3. The van der Waals surface area contributed by atoms with Gasteiger partial charge < -0.3 is 10.6 Å². The van der Waals surface area contributed by atoms with Gasteiger partial charge in [0, 0.05) is 49.0 Å². The number of halogens is 1. The number of piperazine rings is 1. The molecule has 0 aromatic heterocycles. The average molecular weight is 280 g/mol. The minimum atomic E-state index is -0.00624. The Morgan fingerprint density at radius 3 is 2.42 bits per heavy atom. The molecule has 1 aliphatic heterocycles. The number of anilines is 1. The Morgan fingerprint density at radius 1 is 1.21 bits per heavy atom. The van der Waals surface area contributed by atoms with Crippen LogP contribution in [0.25, 0.3) is 0 Å². The molecule has 4 heteroatoms. The summed E-state index contributed by atoms with van der Waals surface area (Å²) in [6.07, 6.45) is 2.80. The van der Waals surface area contributed by atoms with Gasteiger partial charge in [-0.05, 0) is 37.5 Å². The van der Waals surface area contributed by atoms with E-state index in [1.54, 1.807) is 0 Å². The number of nitrogens with two attached hydrogens (primary N) is 1. The molecule has 2 fully saturated rings. The molecule has 1 heterocycles. The summed E-state index contributed by atoms with van der Waals surface area (Å²) in [5.74, 6) is 0. The Kier molecular flexibility index (Phi) is 3.70. The predicted octanol–water partition coefficient (Wildman–Crippen LogP) is 2.64. The molecule has 3 nitrogen and oxygen atoms in total. The van der Waals surface area contributed by atoms with Gasteiger partial charge in [0.15, 0.2) is 0 Å². The highest BCUT2D eigenvalue weighted by Gasteiger charge is 2.31. The molecule has 0 radical (unpaired) electrons. The summed E-state index contributed by atoms with van der Waals surface area (Å²) in [4.78, 5) is 5.05. The van der Waals surface area contributed by atoms with Crippen molar-refractivity contribution >= 4 is 17.3 Å². The van der Waals surface area contributed by atoms with Crippen molar-refractivity contribution in [2.75, 3.05) is 31.1 Å². The van der Waals surface area contributed by atoms with Crippen molar-refractivity contribution in [3.8, 4) is 0 Å². The van der Waals surface area contributed by atoms with Gasteiger partial charge in [-0.25, -0.2) is 0 Å². The van der Waals surface area contributed by atoms with Gasteiger partial charge in [0.1, 0.15) is 0 Å². The summed E-state index contributed by atoms with van der Waals surface area (Å²) in [5.41, 5.74) is 8.15. The average Bonchev–Trinajstić information content (AvgIpc) is 3.22. The van der Waals surface area contributed by atoms with Crippen LogP contribution >= 0.6 is 11.6 Å². The minimum Gasteiger partial charge on any atom is -0.369 e. The van der Waals surface area contributed by atoms with Crippen LogP contribution in [0.5, 0.6) is 0 Å². The van der Waals surface area contributed by atoms with E-state index in [-0.39, 0.29) is 6.04 Å². The number of nitrogens with zero attached hydrogens (tertiary/aromatic N) is 2. The van der Waals surface area contributed by atoms with Crippen LogP contribution in [-0.2, 0) is 0 Å². The summed E-state index contributed by atoms with van der Waals surface area (Å²) in [6.45, 7) is 6.53. The first-order chi connectivity index (χ1) is 9.15. The second-order valence-electron chi connectivity index (χ2n) is 5.75. The monoisotopic (exact) mass is 279 g/mol.